The summed E-state index contributed by atoms with van der Waals surface area (Å²) < 4.78 is 0. The maximum atomic E-state index is 11.1. The van der Waals surface area contributed by atoms with Gasteiger partial charge in [-0.25, -0.2) is 0 Å². The van der Waals surface area contributed by atoms with Crippen LogP contribution in [0.2, 0.25) is 0 Å². The van der Waals surface area contributed by atoms with Gasteiger partial charge in [0.05, 0.1) is 6.42 Å². The molecular formula is C10H18N2O3. The van der Waals surface area contributed by atoms with Gasteiger partial charge in [0, 0.05) is 19.5 Å². The van der Waals surface area contributed by atoms with Gasteiger partial charge in [0.15, 0.2) is 0 Å². The number of carbonyl (C=O) groups excluding carboxylic acids is 3. The van der Waals surface area contributed by atoms with E-state index in [1.54, 1.807) is 0 Å². The summed E-state index contributed by atoms with van der Waals surface area (Å²) in [6.45, 7) is 4.25. The fourth-order valence-electron chi connectivity index (χ4n) is 0.957. The average Bonchev–Trinajstić information content (AvgIpc) is 2.13. The molecule has 2 amide bonds. The second-order valence-electron chi connectivity index (χ2n) is 3.33. The number of hydrogen-bond acceptors (Lipinski definition) is 3. The normalized spacial score (nSPS) is 9.47. The molecule has 0 heterocycles. The lowest BCUT2D eigenvalue weighted by Gasteiger charge is -2.04. The topological polar surface area (TPSA) is 75.3 Å². The largest absolute Gasteiger partial charge is 0.356 e. The smallest absolute Gasteiger partial charge is 0.227 e. The van der Waals surface area contributed by atoms with Crippen LogP contribution in [0.25, 0.3) is 0 Å². The van der Waals surface area contributed by atoms with Gasteiger partial charge in [-0.3, -0.25) is 14.4 Å². The van der Waals surface area contributed by atoms with Crippen LogP contribution in [0.1, 0.15) is 33.1 Å². The van der Waals surface area contributed by atoms with E-state index < -0.39 is 0 Å². The molecule has 15 heavy (non-hydrogen) atoms. The molecule has 0 aromatic rings. The Bertz CT molecular complexity index is 239. The van der Waals surface area contributed by atoms with Gasteiger partial charge < -0.3 is 10.6 Å². The maximum absolute atomic E-state index is 11.1. The van der Waals surface area contributed by atoms with Crippen molar-refractivity contribution in [3.8, 4) is 0 Å². The van der Waals surface area contributed by atoms with Crippen molar-refractivity contribution < 1.29 is 14.4 Å². The number of amides is 2. The molecule has 0 saturated heterocycles. The van der Waals surface area contributed by atoms with Crippen molar-refractivity contribution in [2.75, 3.05) is 13.1 Å². The summed E-state index contributed by atoms with van der Waals surface area (Å²) in [5.41, 5.74) is 0. The van der Waals surface area contributed by atoms with Crippen LogP contribution in [0.4, 0.5) is 0 Å². The Balaban J connectivity index is 3.48. The van der Waals surface area contributed by atoms with Crippen LogP contribution in [0.3, 0.4) is 0 Å². The lowest BCUT2D eigenvalue weighted by Crippen LogP contribution is -2.31. The molecule has 0 aliphatic heterocycles. The first kappa shape index (κ1) is 13.6. The quantitative estimate of drug-likeness (QED) is 0.586. The summed E-state index contributed by atoms with van der Waals surface area (Å²) in [4.78, 5) is 32.6. The number of nitrogens with one attached hydrogen (secondary N) is 2. The van der Waals surface area contributed by atoms with Gasteiger partial charge in [0.1, 0.15) is 5.78 Å². The molecule has 0 bridgehead atoms. The van der Waals surface area contributed by atoms with Gasteiger partial charge in [0.2, 0.25) is 11.8 Å². The Hall–Kier alpha value is -1.39. The lowest BCUT2D eigenvalue weighted by atomic mass is 10.3. The first-order chi connectivity index (χ1) is 7.06. The van der Waals surface area contributed by atoms with Crippen LogP contribution in [-0.4, -0.2) is 30.7 Å². The highest BCUT2D eigenvalue weighted by Crippen LogP contribution is 1.83. The second kappa shape index (κ2) is 7.96. The van der Waals surface area contributed by atoms with Crippen molar-refractivity contribution in [1.29, 1.82) is 0 Å². The third kappa shape index (κ3) is 8.93. The highest BCUT2D eigenvalue weighted by atomic mass is 16.2. The van der Waals surface area contributed by atoms with Gasteiger partial charge >= 0.3 is 0 Å². The molecule has 0 unspecified atom stereocenters. The molecule has 2 N–H and O–H groups in total. The monoisotopic (exact) mass is 214 g/mol. The number of ketones is 1. The molecule has 0 aromatic carbocycles. The molecule has 0 saturated carbocycles. The average molecular weight is 214 g/mol. The third-order valence-corrected chi connectivity index (χ3v) is 1.66. The van der Waals surface area contributed by atoms with E-state index in [9.17, 15) is 14.4 Å². The summed E-state index contributed by atoms with van der Waals surface area (Å²) in [6, 6.07) is 0. The zero-order chi connectivity index (χ0) is 11.7. The number of carbonyl (C=O) groups is 3. The van der Waals surface area contributed by atoms with Crippen molar-refractivity contribution in [2.45, 2.75) is 33.1 Å². The van der Waals surface area contributed by atoms with E-state index in [2.05, 4.69) is 10.6 Å². The highest BCUT2D eigenvalue weighted by Gasteiger charge is 2.05. The zero-order valence-electron chi connectivity index (χ0n) is 9.26. The molecule has 86 valence electrons. The number of hydrogen-bond donors (Lipinski definition) is 2. The summed E-state index contributed by atoms with van der Waals surface area (Å²) in [7, 11) is 0. The fourth-order valence-corrected chi connectivity index (χ4v) is 0.957. The minimum absolute atomic E-state index is 0.0834. The minimum Gasteiger partial charge on any atom is -0.356 e. The molecule has 5 heteroatoms. The van der Waals surface area contributed by atoms with E-state index in [1.807, 2.05) is 6.92 Å². The molecule has 0 fully saturated rings. The summed E-state index contributed by atoms with van der Waals surface area (Å²) in [5.74, 6) is -0.589. The van der Waals surface area contributed by atoms with E-state index in [4.69, 9.17) is 0 Å². The van der Waals surface area contributed by atoms with E-state index in [0.29, 0.717) is 6.54 Å². The van der Waals surface area contributed by atoms with Gasteiger partial charge in [0.25, 0.3) is 0 Å². The zero-order valence-corrected chi connectivity index (χ0v) is 9.26. The molecule has 0 rings (SSSR count). The first-order valence-electron chi connectivity index (χ1n) is 5.09. The molecule has 5 nitrogen and oxygen atoms in total. The number of rotatable bonds is 7. The molecule has 0 aliphatic carbocycles. The maximum Gasteiger partial charge on any atom is 0.227 e. The first-order valence-corrected chi connectivity index (χ1v) is 5.09. The summed E-state index contributed by atoms with van der Waals surface area (Å²) in [6.07, 6.45) is 1.03. The fraction of sp³-hybridized carbons (Fsp3) is 0.700. The summed E-state index contributed by atoms with van der Waals surface area (Å²) in [5, 5.41) is 5.19. The Morgan fingerprint density at radius 3 is 2.13 bits per heavy atom. The third-order valence-electron chi connectivity index (χ3n) is 1.66. The van der Waals surface area contributed by atoms with Crippen LogP contribution in [0.5, 0.6) is 0 Å². The van der Waals surface area contributed by atoms with Crippen LogP contribution in [0.15, 0.2) is 0 Å². The van der Waals surface area contributed by atoms with Gasteiger partial charge in [-0.2, -0.15) is 0 Å². The van der Waals surface area contributed by atoms with E-state index in [0.717, 1.165) is 6.42 Å². The Labute approximate surface area is 89.6 Å². The Morgan fingerprint density at radius 1 is 1.00 bits per heavy atom. The van der Waals surface area contributed by atoms with Crippen LogP contribution in [-0.2, 0) is 14.4 Å². The Kier molecular flexibility index (Phi) is 7.23. The predicted molar refractivity (Wildman–Crippen MR) is 56.2 cm³/mol. The molecule has 0 atom stereocenters. The molecule has 0 spiro atoms. The second-order valence-corrected chi connectivity index (χ2v) is 3.33. The van der Waals surface area contributed by atoms with Crippen LogP contribution in [0, 0.1) is 0 Å². The molecular weight excluding hydrogens is 196 g/mol. The predicted octanol–water partition coefficient (Wildman–Crippen LogP) is -0.00200. The van der Waals surface area contributed by atoms with Crippen molar-refractivity contribution in [3.05, 3.63) is 0 Å². The Morgan fingerprint density at radius 2 is 1.60 bits per heavy atom. The molecule has 0 aromatic heterocycles. The molecule has 0 radical (unpaired) electrons. The van der Waals surface area contributed by atoms with E-state index in [1.165, 1.54) is 6.92 Å². The van der Waals surface area contributed by atoms with E-state index >= 15 is 0 Å². The van der Waals surface area contributed by atoms with Crippen molar-refractivity contribution in [1.82, 2.24) is 10.6 Å². The molecule has 0 aliphatic rings. The van der Waals surface area contributed by atoms with Crippen molar-refractivity contribution >= 4 is 17.6 Å². The van der Waals surface area contributed by atoms with Gasteiger partial charge in [-0.15, -0.1) is 0 Å². The highest BCUT2D eigenvalue weighted by molar-refractivity contribution is 5.96. The van der Waals surface area contributed by atoms with Crippen molar-refractivity contribution in [2.24, 2.45) is 0 Å². The van der Waals surface area contributed by atoms with E-state index in [-0.39, 0.29) is 37.0 Å². The van der Waals surface area contributed by atoms with Crippen molar-refractivity contribution in [3.63, 3.8) is 0 Å². The number of Topliss-reactive ketones (excluding diaryl/α,β-unsaturated/α-hetero) is 1. The standard InChI is InChI=1S/C10H18N2O3/c1-3-5-11-9(14)4-6-12-10(15)7-8(2)13/h3-7H2,1-2H3,(H,11,14)(H,12,15). The van der Waals surface area contributed by atoms with Crippen LogP contribution < -0.4 is 10.6 Å². The van der Waals surface area contributed by atoms with Crippen LogP contribution >= 0.6 is 0 Å². The van der Waals surface area contributed by atoms with Gasteiger partial charge in [-0.1, -0.05) is 6.92 Å². The van der Waals surface area contributed by atoms with Gasteiger partial charge in [-0.05, 0) is 13.3 Å². The summed E-state index contributed by atoms with van der Waals surface area (Å²) >= 11 is 0. The lowest BCUT2D eigenvalue weighted by molar-refractivity contribution is -0.127. The minimum atomic E-state index is -0.328. The SMILES string of the molecule is CCCNC(=O)CCNC(=O)CC(C)=O.